The zero-order chi connectivity index (χ0) is 26.2. The summed E-state index contributed by atoms with van der Waals surface area (Å²) in [7, 11) is 0. The van der Waals surface area contributed by atoms with Gasteiger partial charge >= 0.3 is 11.9 Å². The van der Waals surface area contributed by atoms with E-state index in [0.717, 1.165) is 10.9 Å². The van der Waals surface area contributed by atoms with Gasteiger partial charge in [0, 0.05) is 6.92 Å². The Hall–Kier alpha value is -4.90. The highest BCUT2D eigenvalue weighted by molar-refractivity contribution is 6.23. The summed E-state index contributed by atoms with van der Waals surface area (Å²) in [5.41, 5.74) is 1.43. The van der Waals surface area contributed by atoms with Crippen LogP contribution >= 0.6 is 0 Å². The van der Waals surface area contributed by atoms with Gasteiger partial charge < -0.3 is 14.6 Å². The van der Waals surface area contributed by atoms with Crippen molar-refractivity contribution >= 4 is 44.3 Å². The van der Waals surface area contributed by atoms with E-state index in [1.54, 1.807) is 10.9 Å². The lowest BCUT2D eigenvalue weighted by Crippen LogP contribution is -2.12. The van der Waals surface area contributed by atoms with Crippen LogP contribution in [-0.2, 0) is 27.5 Å². The fourth-order valence-electron chi connectivity index (χ4n) is 4.69. The van der Waals surface area contributed by atoms with Gasteiger partial charge in [0.05, 0.1) is 19.3 Å². The zero-order valence-corrected chi connectivity index (χ0v) is 20.4. The molecule has 0 bridgehead atoms. The van der Waals surface area contributed by atoms with Crippen molar-refractivity contribution in [2.24, 2.45) is 0 Å². The molecule has 38 heavy (non-hydrogen) atoms. The third-order valence-corrected chi connectivity index (χ3v) is 6.33. The summed E-state index contributed by atoms with van der Waals surface area (Å²) in [5, 5.41) is 29.0. The van der Waals surface area contributed by atoms with Crippen LogP contribution in [0.3, 0.4) is 0 Å². The first-order valence-electron chi connectivity index (χ1n) is 11.9. The number of rotatable bonds is 9. The Bertz CT molecular complexity index is 1790. The fourth-order valence-corrected chi connectivity index (χ4v) is 4.69. The lowest BCUT2D eigenvalue weighted by Gasteiger charge is -2.13. The van der Waals surface area contributed by atoms with Crippen molar-refractivity contribution in [1.82, 2.24) is 29.8 Å². The Balaban J connectivity index is 1.29. The first kappa shape index (κ1) is 23.5. The lowest BCUT2D eigenvalue weighted by atomic mass is 9.92. The lowest BCUT2D eigenvalue weighted by molar-refractivity contribution is -0.142. The van der Waals surface area contributed by atoms with Gasteiger partial charge in [0.15, 0.2) is 5.82 Å². The van der Waals surface area contributed by atoms with E-state index < -0.39 is 11.9 Å². The molecule has 0 saturated carbocycles. The molecule has 6 rings (SSSR count). The molecule has 0 fully saturated rings. The largest absolute Gasteiger partial charge is 0.475 e. The maximum atomic E-state index is 11.5. The predicted octanol–water partition coefficient (Wildman–Crippen LogP) is 3.72. The Morgan fingerprint density at radius 1 is 0.947 bits per heavy atom. The predicted molar refractivity (Wildman–Crippen MR) is 138 cm³/mol. The summed E-state index contributed by atoms with van der Waals surface area (Å²) in [6.07, 6.45) is 1.70. The van der Waals surface area contributed by atoms with Crippen molar-refractivity contribution < 1.29 is 24.2 Å². The first-order chi connectivity index (χ1) is 18.5. The average Bonchev–Trinajstić information content (AvgIpc) is 3.55. The van der Waals surface area contributed by atoms with Crippen LogP contribution in [0.5, 0.6) is 0 Å². The van der Waals surface area contributed by atoms with Crippen LogP contribution in [0, 0.1) is 0 Å². The van der Waals surface area contributed by atoms with Crippen molar-refractivity contribution in [2.45, 2.75) is 20.2 Å². The zero-order valence-electron chi connectivity index (χ0n) is 20.4. The van der Waals surface area contributed by atoms with Crippen molar-refractivity contribution in [3.63, 3.8) is 0 Å². The number of benzene rings is 4. The van der Waals surface area contributed by atoms with Crippen LogP contribution in [0.1, 0.15) is 23.1 Å². The van der Waals surface area contributed by atoms with Crippen molar-refractivity contribution in [3.8, 4) is 11.5 Å². The molecular formula is C27H22N6O5. The standard InChI is InChI=1S/C27H22N6O5/c1-16(34)38-12-11-37-15-33-26(28-25(30-33)27(35)36)22-14-32(31-29-22)13-20-8-7-19-6-5-17-3-2-4-18-9-10-21(20)24(19)23(17)18/h2-10,14H,11-13,15H2,1H3,(H,35,36). The second-order valence-electron chi connectivity index (χ2n) is 8.82. The molecule has 1 N–H and O–H groups in total. The third kappa shape index (κ3) is 4.28. The smallest absolute Gasteiger partial charge is 0.375 e. The summed E-state index contributed by atoms with van der Waals surface area (Å²) in [6.45, 7) is 1.85. The second kappa shape index (κ2) is 9.52. The maximum Gasteiger partial charge on any atom is 0.375 e. The van der Waals surface area contributed by atoms with Gasteiger partial charge in [-0.25, -0.2) is 14.2 Å². The molecule has 0 aliphatic heterocycles. The van der Waals surface area contributed by atoms with Gasteiger partial charge in [-0.05, 0) is 37.9 Å². The maximum absolute atomic E-state index is 11.5. The number of aromatic nitrogens is 6. The number of carboxylic acid groups (broad SMARTS) is 1. The monoisotopic (exact) mass is 510 g/mol. The fraction of sp³-hybridized carbons (Fsp3) is 0.185. The number of hydrogen-bond donors (Lipinski definition) is 1. The molecular weight excluding hydrogens is 488 g/mol. The topological polar surface area (TPSA) is 134 Å². The molecule has 0 amide bonds. The van der Waals surface area contributed by atoms with E-state index in [-0.39, 0.29) is 31.6 Å². The summed E-state index contributed by atoms with van der Waals surface area (Å²) in [4.78, 5) is 26.5. The molecule has 0 unspecified atom stereocenters. The van der Waals surface area contributed by atoms with Gasteiger partial charge in [-0.1, -0.05) is 59.8 Å². The average molecular weight is 511 g/mol. The minimum absolute atomic E-state index is 0.0701. The van der Waals surface area contributed by atoms with E-state index in [2.05, 4.69) is 75.0 Å². The molecule has 0 radical (unpaired) electrons. The van der Waals surface area contributed by atoms with Gasteiger partial charge in [-0.3, -0.25) is 4.79 Å². The van der Waals surface area contributed by atoms with Gasteiger partial charge in [-0.15, -0.1) is 10.2 Å². The third-order valence-electron chi connectivity index (χ3n) is 6.33. The molecule has 6 aromatic rings. The molecule has 0 aliphatic rings. The molecule has 0 atom stereocenters. The van der Waals surface area contributed by atoms with Gasteiger partial charge in [-0.2, -0.15) is 4.98 Å². The van der Waals surface area contributed by atoms with E-state index in [1.807, 2.05) is 0 Å². The van der Waals surface area contributed by atoms with E-state index in [1.165, 1.54) is 38.5 Å². The highest BCUT2D eigenvalue weighted by Crippen LogP contribution is 2.36. The van der Waals surface area contributed by atoms with Gasteiger partial charge in [0.25, 0.3) is 5.82 Å². The number of esters is 1. The molecule has 0 spiro atoms. The Morgan fingerprint density at radius 3 is 2.45 bits per heavy atom. The Kier molecular flexibility index (Phi) is 5.89. The van der Waals surface area contributed by atoms with Crippen LogP contribution in [-0.4, -0.2) is 60.0 Å². The van der Waals surface area contributed by atoms with Crippen molar-refractivity contribution in [2.75, 3.05) is 13.2 Å². The van der Waals surface area contributed by atoms with Crippen LogP contribution in [0.4, 0.5) is 0 Å². The molecule has 4 aromatic carbocycles. The van der Waals surface area contributed by atoms with Crippen LogP contribution in [0.2, 0.25) is 0 Å². The highest BCUT2D eigenvalue weighted by atomic mass is 16.6. The molecule has 11 heteroatoms. The number of aromatic carboxylic acids is 1. The quantitative estimate of drug-likeness (QED) is 0.175. The van der Waals surface area contributed by atoms with Crippen LogP contribution in [0.25, 0.3) is 43.8 Å². The number of carbonyl (C=O) groups is 2. The number of carboxylic acids is 1. The highest BCUT2D eigenvalue weighted by Gasteiger charge is 2.20. The number of ether oxygens (including phenoxy) is 2. The SMILES string of the molecule is CC(=O)OCCOCn1nc(C(=O)O)nc1-c1cn(Cc2ccc3ccc4cccc5ccc2c3c45)nn1. The molecule has 0 aliphatic carbocycles. The molecule has 2 heterocycles. The summed E-state index contributed by atoms with van der Waals surface area (Å²) >= 11 is 0. The summed E-state index contributed by atoms with van der Waals surface area (Å²) in [6, 6.07) is 19.1. The molecule has 11 nitrogen and oxygen atoms in total. The van der Waals surface area contributed by atoms with Gasteiger partial charge in [0.2, 0.25) is 0 Å². The normalized spacial score (nSPS) is 11.6. The molecule has 190 valence electrons. The Labute approximate surface area is 215 Å². The van der Waals surface area contributed by atoms with Crippen LogP contribution in [0.15, 0.2) is 60.8 Å². The van der Waals surface area contributed by atoms with Gasteiger partial charge in [0.1, 0.15) is 19.0 Å². The molecule has 2 aromatic heterocycles. The second-order valence-corrected chi connectivity index (χ2v) is 8.82. The first-order valence-corrected chi connectivity index (χ1v) is 11.9. The minimum atomic E-state index is -1.27. The van der Waals surface area contributed by atoms with Crippen molar-refractivity contribution in [3.05, 3.63) is 72.2 Å². The number of hydrogen-bond acceptors (Lipinski definition) is 8. The Morgan fingerprint density at radius 2 is 1.68 bits per heavy atom. The van der Waals surface area contributed by atoms with E-state index in [4.69, 9.17) is 9.47 Å². The molecule has 0 saturated heterocycles. The van der Waals surface area contributed by atoms with E-state index in [0.29, 0.717) is 12.2 Å². The van der Waals surface area contributed by atoms with E-state index >= 15 is 0 Å². The number of carbonyl (C=O) groups excluding carboxylic acids is 1. The van der Waals surface area contributed by atoms with E-state index in [9.17, 15) is 14.7 Å². The van der Waals surface area contributed by atoms with Crippen LogP contribution < -0.4 is 0 Å². The number of nitrogens with zero attached hydrogens (tertiary/aromatic N) is 6. The minimum Gasteiger partial charge on any atom is -0.475 e. The summed E-state index contributed by atoms with van der Waals surface area (Å²) < 4.78 is 13.3. The summed E-state index contributed by atoms with van der Waals surface area (Å²) in [5.74, 6) is -1.86. The van der Waals surface area contributed by atoms with Crippen molar-refractivity contribution in [1.29, 1.82) is 0 Å².